The van der Waals surface area contributed by atoms with E-state index in [1.54, 1.807) is 17.0 Å². The maximum absolute atomic E-state index is 12.9. The minimum atomic E-state index is -4.15. The molecule has 0 spiro atoms. The van der Waals surface area contributed by atoms with Crippen molar-refractivity contribution in [2.24, 2.45) is 5.92 Å². The van der Waals surface area contributed by atoms with Crippen molar-refractivity contribution >= 4 is 27.8 Å². The average Bonchev–Trinajstić information content (AvgIpc) is 3.20. The number of hydrogen-bond acceptors (Lipinski definition) is 7. The van der Waals surface area contributed by atoms with E-state index < -0.39 is 34.5 Å². The Hall–Kier alpha value is -3.35. The number of carboxylic acid groups (broad SMARTS) is 1. The van der Waals surface area contributed by atoms with Gasteiger partial charge in [0.1, 0.15) is 10.9 Å². The second kappa shape index (κ2) is 11.1. The van der Waals surface area contributed by atoms with Crippen LogP contribution < -0.4 is 15.4 Å². The summed E-state index contributed by atoms with van der Waals surface area (Å²) in [5.41, 5.74) is 1.50. The Morgan fingerprint density at radius 1 is 1.22 bits per heavy atom. The van der Waals surface area contributed by atoms with Crippen LogP contribution in [0, 0.1) is 5.92 Å². The normalized spacial score (nSPS) is 17.0. The summed E-state index contributed by atoms with van der Waals surface area (Å²) in [6, 6.07) is 5.91. The van der Waals surface area contributed by atoms with Crippen LogP contribution in [0.2, 0.25) is 0 Å². The lowest BCUT2D eigenvalue weighted by atomic mass is 9.94. The molecule has 1 saturated heterocycles. The molecule has 3 heterocycles. The molecule has 36 heavy (non-hydrogen) atoms. The van der Waals surface area contributed by atoms with Gasteiger partial charge in [0.15, 0.2) is 0 Å². The highest BCUT2D eigenvalue weighted by molar-refractivity contribution is 7.89. The number of nitrogens with one attached hydrogen (secondary N) is 3. The van der Waals surface area contributed by atoms with Crippen molar-refractivity contribution < 1.29 is 27.9 Å². The second-order valence-corrected chi connectivity index (χ2v) is 10.7. The Labute approximate surface area is 209 Å². The van der Waals surface area contributed by atoms with Crippen molar-refractivity contribution in [3.05, 3.63) is 59.4 Å². The highest BCUT2D eigenvalue weighted by Crippen LogP contribution is 2.26. The lowest BCUT2D eigenvalue weighted by molar-refractivity contribution is -0.138. The minimum absolute atomic E-state index is 0.124. The molecule has 2 aliphatic rings. The number of benzene rings is 1. The van der Waals surface area contributed by atoms with Gasteiger partial charge in [-0.3, -0.25) is 19.4 Å². The monoisotopic (exact) mass is 515 g/mol. The number of carboxylic acids is 1. The third-order valence-electron chi connectivity index (χ3n) is 6.52. The molecule has 1 atom stereocenters. The molecule has 192 valence electrons. The van der Waals surface area contributed by atoms with Gasteiger partial charge in [0.25, 0.3) is 11.8 Å². The molecule has 1 aromatic heterocycles. The third-order valence-corrected chi connectivity index (χ3v) is 7.98. The first-order valence-electron chi connectivity index (χ1n) is 11.8. The van der Waals surface area contributed by atoms with Gasteiger partial charge in [-0.1, -0.05) is 6.07 Å². The smallest absolute Gasteiger partial charge is 0.323 e. The van der Waals surface area contributed by atoms with Gasteiger partial charge < -0.3 is 20.6 Å². The number of aliphatic carboxylic acids is 1. The van der Waals surface area contributed by atoms with E-state index in [1.165, 1.54) is 24.4 Å². The second-order valence-electron chi connectivity index (χ2n) is 8.99. The molecule has 2 aromatic rings. The zero-order chi connectivity index (χ0) is 25.7. The fraction of sp³-hybridized carbons (Fsp3) is 0.417. The summed E-state index contributed by atoms with van der Waals surface area (Å²) >= 11 is 0. The third kappa shape index (κ3) is 6.07. The van der Waals surface area contributed by atoms with Crippen LogP contribution in [-0.2, 0) is 21.4 Å². The van der Waals surface area contributed by atoms with Gasteiger partial charge in [-0.05, 0) is 68.1 Å². The van der Waals surface area contributed by atoms with Gasteiger partial charge in [-0.2, -0.15) is 4.72 Å². The van der Waals surface area contributed by atoms with Crippen molar-refractivity contribution in [3.8, 4) is 0 Å². The standard InChI is InChI=1S/C24H29N5O6S/c30-22(27-14-21(24(32)33)28-36(34,35)19-2-1-8-26-13-19)17-3-4-18-15-29(23(31)20(18)12-17)11-7-16-5-9-25-10-6-16/h1-4,8,12-13,16,21,25,28H,5-7,9-11,14-15H2,(H,27,30)(H,32,33)/t21-/m0/s1. The first-order valence-corrected chi connectivity index (χ1v) is 13.3. The number of carbonyl (C=O) groups is 3. The molecule has 11 nitrogen and oxygen atoms in total. The number of hydrogen-bond donors (Lipinski definition) is 4. The molecule has 0 saturated carbocycles. The van der Waals surface area contributed by atoms with Crippen LogP contribution in [0.4, 0.5) is 0 Å². The van der Waals surface area contributed by atoms with Crippen molar-refractivity contribution in [1.29, 1.82) is 0 Å². The highest BCUT2D eigenvalue weighted by Gasteiger charge is 2.30. The predicted molar refractivity (Wildman–Crippen MR) is 130 cm³/mol. The van der Waals surface area contributed by atoms with Crippen LogP contribution in [0.1, 0.15) is 45.5 Å². The number of fused-ring (bicyclic) bond motifs is 1. The Balaban J connectivity index is 1.36. The number of nitrogens with zero attached hydrogens (tertiary/aromatic N) is 2. The topological polar surface area (TPSA) is 158 Å². The summed E-state index contributed by atoms with van der Waals surface area (Å²) in [5.74, 6) is -1.58. The van der Waals surface area contributed by atoms with Gasteiger partial charge in [0.05, 0.1) is 0 Å². The van der Waals surface area contributed by atoms with Crippen LogP contribution in [0.3, 0.4) is 0 Å². The summed E-state index contributed by atoms with van der Waals surface area (Å²) in [6.07, 6.45) is 5.64. The van der Waals surface area contributed by atoms with Gasteiger partial charge in [0, 0.05) is 43.2 Å². The molecule has 0 unspecified atom stereocenters. The summed E-state index contributed by atoms with van der Waals surface area (Å²) in [7, 11) is -4.15. The van der Waals surface area contributed by atoms with Crippen molar-refractivity contribution in [2.75, 3.05) is 26.2 Å². The van der Waals surface area contributed by atoms with Crippen molar-refractivity contribution in [1.82, 2.24) is 25.2 Å². The van der Waals surface area contributed by atoms with Crippen molar-refractivity contribution in [2.45, 2.75) is 36.7 Å². The molecule has 1 aromatic carbocycles. The van der Waals surface area contributed by atoms with E-state index in [9.17, 15) is 27.9 Å². The molecular formula is C24H29N5O6S. The zero-order valence-electron chi connectivity index (χ0n) is 19.6. The molecular weight excluding hydrogens is 486 g/mol. The molecule has 1 fully saturated rings. The van der Waals surface area contributed by atoms with Gasteiger partial charge in [-0.25, -0.2) is 8.42 Å². The molecule has 2 aliphatic heterocycles. The molecule has 4 N–H and O–H groups in total. The molecule has 2 amide bonds. The first-order chi connectivity index (χ1) is 17.2. The number of rotatable bonds is 10. The predicted octanol–water partition coefficient (Wildman–Crippen LogP) is 0.589. The van der Waals surface area contributed by atoms with Crippen LogP contribution in [0.5, 0.6) is 0 Å². The summed E-state index contributed by atoms with van der Waals surface area (Å²) < 4.78 is 26.9. The van der Waals surface area contributed by atoms with Gasteiger partial charge in [0.2, 0.25) is 10.0 Å². The summed E-state index contributed by atoms with van der Waals surface area (Å²) in [5, 5.41) is 15.2. The molecule has 0 aliphatic carbocycles. The van der Waals surface area contributed by atoms with Gasteiger partial charge >= 0.3 is 5.97 Å². The fourth-order valence-electron chi connectivity index (χ4n) is 4.43. The van der Waals surface area contributed by atoms with Crippen LogP contribution in [0.15, 0.2) is 47.6 Å². The lowest BCUT2D eigenvalue weighted by Crippen LogP contribution is -2.48. The number of piperidine rings is 1. The van der Waals surface area contributed by atoms with Crippen LogP contribution >= 0.6 is 0 Å². The van der Waals surface area contributed by atoms with E-state index in [4.69, 9.17) is 0 Å². The van der Waals surface area contributed by atoms with Crippen molar-refractivity contribution in [3.63, 3.8) is 0 Å². The maximum atomic E-state index is 12.9. The van der Waals surface area contributed by atoms with Gasteiger partial charge in [-0.15, -0.1) is 0 Å². The largest absolute Gasteiger partial charge is 0.480 e. The van der Waals surface area contributed by atoms with Crippen LogP contribution in [0.25, 0.3) is 0 Å². The van der Waals surface area contributed by atoms with E-state index in [0.717, 1.165) is 44.1 Å². The Bertz CT molecular complexity index is 1230. The quantitative estimate of drug-likeness (QED) is 0.358. The Kier molecular flexibility index (Phi) is 7.97. The Morgan fingerprint density at radius 2 is 2.00 bits per heavy atom. The van der Waals surface area contributed by atoms with E-state index in [0.29, 0.717) is 24.6 Å². The van der Waals surface area contributed by atoms with E-state index in [1.807, 2.05) is 0 Å². The maximum Gasteiger partial charge on any atom is 0.323 e. The zero-order valence-corrected chi connectivity index (χ0v) is 20.5. The number of carbonyl (C=O) groups excluding carboxylic acids is 2. The number of pyridine rings is 1. The molecule has 0 bridgehead atoms. The highest BCUT2D eigenvalue weighted by atomic mass is 32.2. The lowest BCUT2D eigenvalue weighted by Gasteiger charge is -2.25. The Morgan fingerprint density at radius 3 is 2.69 bits per heavy atom. The van der Waals surface area contributed by atoms with E-state index in [2.05, 4.69) is 20.3 Å². The summed E-state index contributed by atoms with van der Waals surface area (Å²) in [6.45, 7) is 2.69. The van der Waals surface area contributed by atoms with E-state index >= 15 is 0 Å². The molecule has 4 rings (SSSR count). The fourth-order valence-corrected chi connectivity index (χ4v) is 5.58. The summed E-state index contributed by atoms with van der Waals surface area (Å²) in [4.78, 5) is 42.6. The number of sulfonamides is 1. The first kappa shape index (κ1) is 25.7. The molecule has 0 radical (unpaired) electrons. The SMILES string of the molecule is O=C(NC[C@H](NS(=O)(=O)c1cccnc1)C(=O)O)c1ccc2c(c1)C(=O)N(CCC1CCNCC1)C2. The minimum Gasteiger partial charge on any atom is -0.480 e. The number of aromatic nitrogens is 1. The molecule has 12 heteroatoms. The van der Waals surface area contributed by atoms with Crippen LogP contribution in [-0.4, -0.2) is 73.4 Å². The average molecular weight is 516 g/mol. The van der Waals surface area contributed by atoms with E-state index in [-0.39, 0.29) is 16.4 Å². The number of amides is 2.